The van der Waals surface area contributed by atoms with Crippen LogP contribution in [0.25, 0.3) is 0 Å². The largest absolute Gasteiger partial charge is 0.503 e. The predicted molar refractivity (Wildman–Crippen MR) is 70.0 cm³/mol. The highest BCUT2D eigenvalue weighted by atomic mass is 79.9. The molecule has 1 heterocycles. The van der Waals surface area contributed by atoms with E-state index in [-0.39, 0.29) is 5.75 Å². The molecule has 0 saturated carbocycles. The number of benzene rings is 1. The van der Waals surface area contributed by atoms with E-state index in [0.29, 0.717) is 16.3 Å². The molecule has 2 rings (SSSR count). The third-order valence-corrected chi connectivity index (χ3v) is 4.99. The first-order valence-corrected chi connectivity index (χ1v) is 6.72. The zero-order valence-electron chi connectivity index (χ0n) is 8.89. The highest BCUT2D eigenvalue weighted by molar-refractivity contribution is 9.13. The Kier molecular flexibility index (Phi) is 3.77. The smallest absolute Gasteiger partial charge is 0.173 e. The van der Waals surface area contributed by atoms with E-state index in [2.05, 4.69) is 37.2 Å². The number of phenols is 1. The summed E-state index contributed by atoms with van der Waals surface area (Å²) in [6.45, 7) is 1.04. The van der Waals surface area contributed by atoms with Gasteiger partial charge in [-0.15, -0.1) is 0 Å². The van der Waals surface area contributed by atoms with E-state index >= 15 is 0 Å². The molecule has 1 aliphatic rings. The van der Waals surface area contributed by atoms with E-state index in [9.17, 15) is 5.11 Å². The number of halogens is 2. The maximum Gasteiger partial charge on any atom is 0.173 e. The van der Waals surface area contributed by atoms with E-state index in [1.807, 2.05) is 6.07 Å². The molecule has 0 aliphatic carbocycles. The van der Waals surface area contributed by atoms with Gasteiger partial charge >= 0.3 is 0 Å². The van der Waals surface area contributed by atoms with Crippen molar-refractivity contribution < 1.29 is 9.84 Å². The summed E-state index contributed by atoms with van der Waals surface area (Å²) in [7, 11) is 1.56. The van der Waals surface area contributed by atoms with Crippen LogP contribution in [0.2, 0.25) is 0 Å². The monoisotopic (exact) mass is 349 g/mol. The first-order valence-electron chi connectivity index (χ1n) is 5.13. The van der Waals surface area contributed by atoms with Crippen molar-refractivity contribution in [3.05, 3.63) is 20.6 Å². The predicted octanol–water partition coefficient (Wildman–Crippen LogP) is 3.35. The Morgan fingerprint density at radius 2 is 2.19 bits per heavy atom. The summed E-state index contributed by atoms with van der Waals surface area (Å²) in [5.41, 5.74) is 1.12. The molecule has 1 saturated heterocycles. The lowest BCUT2D eigenvalue weighted by Crippen LogP contribution is -2.13. The Balaban J connectivity index is 2.48. The van der Waals surface area contributed by atoms with Gasteiger partial charge in [-0.2, -0.15) is 0 Å². The van der Waals surface area contributed by atoms with Gasteiger partial charge in [0.1, 0.15) is 0 Å². The zero-order chi connectivity index (χ0) is 11.7. The van der Waals surface area contributed by atoms with Gasteiger partial charge in [-0.1, -0.05) is 0 Å². The molecule has 0 radical (unpaired) electrons. The standard InChI is InChI=1S/C11H13Br2NO2/c1-16-8-5-6(7-3-2-4-14-7)9(12)10(13)11(8)15/h5,7,14-15H,2-4H2,1H3/t7-/m0/s1. The second-order valence-corrected chi connectivity index (χ2v) is 5.38. The van der Waals surface area contributed by atoms with Gasteiger partial charge in [-0.3, -0.25) is 0 Å². The number of aromatic hydroxyl groups is 1. The number of phenolic OH excluding ortho intramolecular Hbond substituents is 1. The normalized spacial score (nSPS) is 20.1. The van der Waals surface area contributed by atoms with Gasteiger partial charge < -0.3 is 15.2 Å². The van der Waals surface area contributed by atoms with Crippen molar-refractivity contribution in [1.82, 2.24) is 5.32 Å². The highest BCUT2D eigenvalue weighted by Gasteiger charge is 2.23. The summed E-state index contributed by atoms with van der Waals surface area (Å²) in [4.78, 5) is 0. The van der Waals surface area contributed by atoms with Gasteiger partial charge in [0.05, 0.1) is 11.6 Å². The molecule has 1 fully saturated rings. The molecule has 0 aromatic heterocycles. The minimum atomic E-state index is 0.135. The summed E-state index contributed by atoms with van der Waals surface area (Å²) < 4.78 is 6.69. The summed E-state index contributed by atoms with van der Waals surface area (Å²) in [5.74, 6) is 0.634. The molecule has 1 aromatic rings. The quantitative estimate of drug-likeness (QED) is 0.859. The van der Waals surface area contributed by atoms with E-state index < -0.39 is 0 Å². The number of ether oxygens (including phenoxy) is 1. The van der Waals surface area contributed by atoms with Crippen LogP contribution in [-0.4, -0.2) is 18.8 Å². The fourth-order valence-electron chi connectivity index (χ4n) is 1.97. The van der Waals surface area contributed by atoms with E-state index in [1.54, 1.807) is 7.11 Å². The van der Waals surface area contributed by atoms with Crippen molar-refractivity contribution >= 4 is 31.9 Å². The minimum absolute atomic E-state index is 0.135. The third kappa shape index (κ3) is 2.08. The first-order chi connectivity index (χ1) is 7.65. The van der Waals surface area contributed by atoms with Gasteiger partial charge in [0.2, 0.25) is 0 Å². The number of hydrogen-bond donors (Lipinski definition) is 2. The molecular formula is C11H13Br2NO2. The lowest BCUT2D eigenvalue weighted by molar-refractivity contribution is 0.370. The van der Waals surface area contributed by atoms with Crippen LogP contribution >= 0.6 is 31.9 Å². The van der Waals surface area contributed by atoms with E-state index in [4.69, 9.17) is 4.74 Å². The lowest BCUT2D eigenvalue weighted by atomic mass is 10.0. The summed E-state index contributed by atoms with van der Waals surface area (Å²) in [5, 5.41) is 13.2. The van der Waals surface area contributed by atoms with Crippen LogP contribution in [0.3, 0.4) is 0 Å². The molecular weight excluding hydrogens is 338 g/mol. The van der Waals surface area contributed by atoms with Gasteiger partial charge in [-0.05, 0) is 62.9 Å². The van der Waals surface area contributed by atoms with Crippen molar-refractivity contribution in [2.24, 2.45) is 0 Å². The minimum Gasteiger partial charge on any atom is -0.503 e. The van der Waals surface area contributed by atoms with Crippen LogP contribution < -0.4 is 10.1 Å². The number of methoxy groups -OCH3 is 1. The number of hydrogen-bond acceptors (Lipinski definition) is 3. The van der Waals surface area contributed by atoms with Crippen LogP contribution in [0.4, 0.5) is 0 Å². The topological polar surface area (TPSA) is 41.5 Å². The van der Waals surface area contributed by atoms with Gasteiger partial charge in [0.15, 0.2) is 11.5 Å². The average molecular weight is 351 g/mol. The fourth-order valence-corrected chi connectivity index (χ4v) is 2.97. The Bertz CT molecular complexity index is 403. The lowest BCUT2D eigenvalue weighted by Gasteiger charge is -2.16. The molecule has 0 spiro atoms. The first kappa shape index (κ1) is 12.2. The highest BCUT2D eigenvalue weighted by Crippen LogP contribution is 2.44. The SMILES string of the molecule is COc1cc([C@@H]2CCCN2)c(Br)c(Br)c1O. The van der Waals surface area contributed by atoms with Crippen LogP contribution in [0.15, 0.2) is 15.0 Å². The summed E-state index contributed by atoms with van der Waals surface area (Å²) in [6.07, 6.45) is 2.29. The fraction of sp³-hybridized carbons (Fsp3) is 0.455. The Hall–Kier alpha value is -0.260. The number of nitrogens with one attached hydrogen (secondary N) is 1. The Morgan fingerprint density at radius 3 is 2.75 bits per heavy atom. The van der Waals surface area contributed by atoms with Gasteiger partial charge in [0.25, 0.3) is 0 Å². The Labute approximate surface area is 111 Å². The van der Waals surface area contributed by atoms with Crippen LogP contribution in [-0.2, 0) is 0 Å². The molecule has 0 amide bonds. The molecule has 0 unspecified atom stereocenters. The summed E-state index contributed by atoms with van der Waals surface area (Å²) >= 11 is 6.87. The van der Waals surface area contributed by atoms with Crippen molar-refractivity contribution in [3.8, 4) is 11.5 Å². The maximum atomic E-state index is 9.82. The molecule has 0 bridgehead atoms. The Morgan fingerprint density at radius 1 is 1.44 bits per heavy atom. The molecule has 2 N–H and O–H groups in total. The molecule has 1 atom stereocenters. The zero-order valence-corrected chi connectivity index (χ0v) is 12.1. The van der Waals surface area contributed by atoms with Crippen molar-refractivity contribution in [1.29, 1.82) is 0 Å². The second-order valence-electron chi connectivity index (χ2n) is 3.79. The van der Waals surface area contributed by atoms with Crippen molar-refractivity contribution in [2.45, 2.75) is 18.9 Å². The van der Waals surface area contributed by atoms with Crippen LogP contribution in [0.5, 0.6) is 11.5 Å². The van der Waals surface area contributed by atoms with E-state index in [1.165, 1.54) is 6.42 Å². The molecule has 3 nitrogen and oxygen atoms in total. The molecule has 16 heavy (non-hydrogen) atoms. The summed E-state index contributed by atoms with van der Waals surface area (Å²) in [6, 6.07) is 2.22. The molecule has 88 valence electrons. The van der Waals surface area contributed by atoms with Crippen LogP contribution in [0, 0.1) is 0 Å². The molecule has 1 aliphatic heterocycles. The molecule has 1 aromatic carbocycles. The third-order valence-electron chi connectivity index (χ3n) is 2.83. The average Bonchev–Trinajstić information content (AvgIpc) is 2.80. The van der Waals surface area contributed by atoms with Crippen LogP contribution in [0.1, 0.15) is 24.4 Å². The maximum absolute atomic E-state index is 9.82. The van der Waals surface area contributed by atoms with Gasteiger partial charge in [0, 0.05) is 10.5 Å². The van der Waals surface area contributed by atoms with Crippen molar-refractivity contribution in [3.63, 3.8) is 0 Å². The van der Waals surface area contributed by atoms with Gasteiger partial charge in [-0.25, -0.2) is 0 Å². The number of rotatable bonds is 2. The van der Waals surface area contributed by atoms with E-state index in [0.717, 1.165) is 23.0 Å². The second kappa shape index (κ2) is 4.94. The van der Waals surface area contributed by atoms with Crippen molar-refractivity contribution in [2.75, 3.05) is 13.7 Å². The molecule has 5 heteroatoms.